The number of benzene rings is 1. The molecule has 0 amide bonds. The summed E-state index contributed by atoms with van der Waals surface area (Å²) >= 11 is 12.0. The molecule has 1 heterocycles. The maximum atomic E-state index is 6.08. The Balaban J connectivity index is 2.66. The van der Waals surface area contributed by atoms with Gasteiger partial charge in [-0.05, 0) is 19.1 Å². The maximum Gasteiger partial charge on any atom is 0.136 e. The van der Waals surface area contributed by atoms with Gasteiger partial charge in [-0.15, -0.1) is 0 Å². The molecule has 0 fully saturated rings. The average molecular weight is 310 g/mol. The molecule has 106 valence electrons. The molecule has 0 atom stereocenters. The lowest BCUT2D eigenvalue weighted by atomic mass is 9.95. The number of anilines is 1. The Morgan fingerprint density at radius 2 is 1.70 bits per heavy atom. The van der Waals surface area contributed by atoms with E-state index in [2.05, 4.69) is 30.7 Å². The lowest BCUT2D eigenvalue weighted by molar-refractivity contribution is 0.546. The second-order valence-electron chi connectivity index (χ2n) is 5.78. The standard InChI is InChI=1S/C15H17Cl2N3/c1-8-12(9-5-6-10(16)11(17)7-9)19-14(15(2,3)4)20-13(8)18/h5-7H,1-4H3,(H2,18,19,20). The van der Waals surface area contributed by atoms with Crippen LogP contribution in [-0.4, -0.2) is 9.97 Å². The highest BCUT2D eigenvalue weighted by atomic mass is 35.5. The third-order valence-corrected chi connectivity index (χ3v) is 3.79. The fourth-order valence-corrected chi connectivity index (χ4v) is 2.09. The molecule has 0 saturated heterocycles. The molecule has 0 aliphatic carbocycles. The summed E-state index contributed by atoms with van der Waals surface area (Å²) in [7, 11) is 0. The third kappa shape index (κ3) is 2.89. The van der Waals surface area contributed by atoms with Gasteiger partial charge in [-0.3, -0.25) is 0 Å². The predicted molar refractivity (Wildman–Crippen MR) is 85.3 cm³/mol. The highest BCUT2D eigenvalue weighted by molar-refractivity contribution is 6.42. The van der Waals surface area contributed by atoms with Crippen LogP contribution in [0, 0.1) is 6.92 Å². The topological polar surface area (TPSA) is 51.8 Å². The van der Waals surface area contributed by atoms with Crippen molar-refractivity contribution in [3.05, 3.63) is 39.6 Å². The molecule has 0 unspecified atom stereocenters. The SMILES string of the molecule is Cc1c(N)nc(C(C)(C)C)nc1-c1ccc(Cl)c(Cl)c1. The van der Waals surface area contributed by atoms with Gasteiger partial charge in [0.25, 0.3) is 0 Å². The highest BCUT2D eigenvalue weighted by Crippen LogP contribution is 2.32. The second-order valence-corrected chi connectivity index (χ2v) is 6.60. The fraction of sp³-hybridized carbons (Fsp3) is 0.333. The molecule has 0 aliphatic rings. The van der Waals surface area contributed by atoms with E-state index < -0.39 is 0 Å². The predicted octanol–water partition coefficient (Wildman–Crippen LogP) is 4.64. The van der Waals surface area contributed by atoms with Crippen LogP contribution in [0.2, 0.25) is 10.0 Å². The van der Waals surface area contributed by atoms with E-state index in [4.69, 9.17) is 28.9 Å². The molecule has 0 spiro atoms. The van der Waals surface area contributed by atoms with Crippen molar-refractivity contribution in [1.29, 1.82) is 0 Å². The van der Waals surface area contributed by atoms with Crippen LogP contribution in [0.15, 0.2) is 18.2 Å². The van der Waals surface area contributed by atoms with Gasteiger partial charge in [-0.25, -0.2) is 9.97 Å². The van der Waals surface area contributed by atoms with Gasteiger partial charge in [0.15, 0.2) is 0 Å². The van der Waals surface area contributed by atoms with E-state index in [1.54, 1.807) is 12.1 Å². The van der Waals surface area contributed by atoms with Gasteiger partial charge in [-0.1, -0.05) is 50.0 Å². The Bertz CT molecular complexity index is 661. The summed E-state index contributed by atoms with van der Waals surface area (Å²) < 4.78 is 0. The average Bonchev–Trinajstić information content (AvgIpc) is 2.34. The van der Waals surface area contributed by atoms with Crippen molar-refractivity contribution in [3.63, 3.8) is 0 Å². The molecule has 2 aromatic rings. The second kappa shape index (κ2) is 5.23. The molecular formula is C15H17Cl2N3. The quantitative estimate of drug-likeness (QED) is 0.835. The number of hydrogen-bond donors (Lipinski definition) is 1. The first-order valence-electron chi connectivity index (χ1n) is 6.30. The largest absolute Gasteiger partial charge is 0.383 e. The van der Waals surface area contributed by atoms with Crippen LogP contribution in [0.5, 0.6) is 0 Å². The summed E-state index contributed by atoms with van der Waals surface area (Å²) in [6.07, 6.45) is 0. The molecule has 0 radical (unpaired) electrons. The van der Waals surface area contributed by atoms with Crippen molar-refractivity contribution < 1.29 is 0 Å². The van der Waals surface area contributed by atoms with Crippen LogP contribution in [0.4, 0.5) is 5.82 Å². The van der Waals surface area contributed by atoms with Crippen molar-refractivity contribution in [2.45, 2.75) is 33.1 Å². The van der Waals surface area contributed by atoms with E-state index in [0.29, 0.717) is 21.7 Å². The molecule has 0 bridgehead atoms. The van der Waals surface area contributed by atoms with E-state index in [1.165, 1.54) is 0 Å². The normalized spacial score (nSPS) is 11.7. The minimum Gasteiger partial charge on any atom is -0.383 e. The summed E-state index contributed by atoms with van der Waals surface area (Å²) in [6.45, 7) is 8.06. The van der Waals surface area contributed by atoms with Crippen LogP contribution >= 0.6 is 23.2 Å². The molecule has 1 aromatic carbocycles. The number of aromatic nitrogens is 2. The van der Waals surface area contributed by atoms with Crippen LogP contribution in [0.25, 0.3) is 11.3 Å². The van der Waals surface area contributed by atoms with Crippen LogP contribution in [0.1, 0.15) is 32.2 Å². The molecule has 2 rings (SSSR count). The zero-order valence-electron chi connectivity index (χ0n) is 12.0. The molecule has 2 N–H and O–H groups in total. The maximum absolute atomic E-state index is 6.08. The third-order valence-electron chi connectivity index (χ3n) is 3.05. The number of rotatable bonds is 1. The van der Waals surface area contributed by atoms with E-state index in [0.717, 1.165) is 16.8 Å². The number of nitrogens with two attached hydrogens (primary N) is 1. The number of nitrogen functional groups attached to an aromatic ring is 1. The van der Waals surface area contributed by atoms with Gasteiger partial charge >= 0.3 is 0 Å². The monoisotopic (exact) mass is 309 g/mol. The Morgan fingerprint density at radius 3 is 2.25 bits per heavy atom. The Labute approximate surface area is 129 Å². The van der Waals surface area contributed by atoms with Crippen molar-refractivity contribution in [2.24, 2.45) is 0 Å². The van der Waals surface area contributed by atoms with Gasteiger partial charge in [0.2, 0.25) is 0 Å². The number of nitrogens with zero attached hydrogens (tertiary/aromatic N) is 2. The first-order valence-corrected chi connectivity index (χ1v) is 7.06. The Morgan fingerprint density at radius 1 is 1.05 bits per heavy atom. The van der Waals surface area contributed by atoms with Crippen molar-refractivity contribution in [2.75, 3.05) is 5.73 Å². The molecule has 5 heteroatoms. The number of halogens is 2. The Hall–Kier alpha value is -1.32. The fourth-order valence-electron chi connectivity index (χ4n) is 1.79. The lowest BCUT2D eigenvalue weighted by Gasteiger charge is -2.19. The van der Waals surface area contributed by atoms with Crippen molar-refractivity contribution in [3.8, 4) is 11.3 Å². The molecule has 0 saturated carbocycles. The van der Waals surface area contributed by atoms with Crippen LogP contribution < -0.4 is 5.73 Å². The summed E-state index contributed by atoms with van der Waals surface area (Å²) in [5.74, 6) is 1.20. The van der Waals surface area contributed by atoms with E-state index in [9.17, 15) is 0 Å². The van der Waals surface area contributed by atoms with Crippen molar-refractivity contribution >= 4 is 29.0 Å². The molecule has 20 heavy (non-hydrogen) atoms. The van der Waals surface area contributed by atoms with E-state index in [-0.39, 0.29) is 5.41 Å². The van der Waals surface area contributed by atoms with Gasteiger partial charge in [0, 0.05) is 16.5 Å². The summed E-state index contributed by atoms with van der Waals surface area (Å²) in [4.78, 5) is 9.03. The van der Waals surface area contributed by atoms with Crippen molar-refractivity contribution in [1.82, 2.24) is 9.97 Å². The van der Waals surface area contributed by atoms with Gasteiger partial charge < -0.3 is 5.73 Å². The smallest absolute Gasteiger partial charge is 0.136 e. The van der Waals surface area contributed by atoms with Gasteiger partial charge in [0.05, 0.1) is 15.7 Å². The van der Waals surface area contributed by atoms with Gasteiger partial charge in [-0.2, -0.15) is 0 Å². The first kappa shape index (κ1) is 15.1. The zero-order valence-corrected chi connectivity index (χ0v) is 13.5. The van der Waals surface area contributed by atoms with Crippen LogP contribution in [-0.2, 0) is 5.41 Å². The highest BCUT2D eigenvalue weighted by Gasteiger charge is 2.21. The minimum atomic E-state index is -0.174. The lowest BCUT2D eigenvalue weighted by Crippen LogP contribution is -2.18. The molecule has 1 aromatic heterocycles. The summed E-state index contributed by atoms with van der Waals surface area (Å²) in [5, 5.41) is 1.02. The molecule has 0 aliphatic heterocycles. The van der Waals surface area contributed by atoms with Gasteiger partial charge in [0.1, 0.15) is 11.6 Å². The first-order chi connectivity index (χ1) is 9.20. The van der Waals surface area contributed by atoms with Crippen LogP contribution in [0.3, 0.4) is 0 Å². The zero-order chi connectivity index (χ0) is 15.1. The summed E-state index contributed by atoms with van der Waals surface area (Å²) in [5.41, 5.74) is 8.36. The minimum absolute atomic E-state index is 0.174. The molecular weight excluding hydrogens is 293 g/mol. The molecule has 3 nitrogen and oxygen atoms in total. The Kier molecular flexibility index (Phi) is 3.94. The summed E-state index contributed by atoms with van der Waals surface area (Å²) in [6, 6.07) is 5.44. The van der Waals surface area contributed by atoms with E-state index >= 15 is 0 Å². The number of hydrogen-bond acceptors (Lipinski definition) is 3. The van der Waals surface area contributed by atoms with E-state index in [1.807, 2.05) is 13.0 Å².